The minimum Gasteiger partial charge on any atom is -0.344 e. The third-order valence-corrected chi connectivity index (χ3v) is 7.37. The molecule has 234 valence electrons. The van der Waals surface area contributed by atoms with Crippen LogP contribution in [0.1, 0.15) is 43.4 Å². The maximum Gasteiger partial charge on any atom is 0.452 e. The Hall–Kier alpha value is -3.58. The molecule has 3 rings (SSSR count). The van der Waals surface area contributed by atoms with Crippen LogP contribution in [0.3, 0.4) is 0 Å². The summed E-state index contributed by atoms with van der Waals surface area (Å²) >= 11 is 5.82. The molecule has 0 saturated carbocycles. The molecule has 0 radical (unpaired) electrons. The third kappa shape index (κ3) is 8.29. The molecule has 1 heterocycles. The molecule has 1 saturated heterocycles. The smallest absolute Gasteiger partial charge is 0.344 e. The van der Waals surface area contributed by atoms with Crippen LogP contribution >= 0.6 is 11.6 Å². The molecule has 0 aromatic heterocycles. The number of benzene rings is 2. The number of amides is 3. The first kappa shape index (κ1) is 33.9. The Morgan fingerprint density at radius 2 is 1.63 bits per heavy atom. The lowest BCUT2D eigenvalue weighted by Gasteiger charge is -2.31. The third-order valence-electron chi connectivity index (χ3n) is 7.14. The first-order valence-corrected chi connectivity index (χ1v) is 13.9. The van der Waals surface area contributed by atoms with Crippen LogP contribution in [-0.4, -0.2) is 59.3 Å². The molecule has 0 spiro atoms. The zero-order valence-electron chi connectivity index (χ0n) is 23.4. The van der Waals surface area contributed by atoms with Gasteiger partial charge >= 0.3 is 12.1 Å². The first-order valence-electron chi connectivity index (χ1n) is 13.5. The van der Waals surface area contributed by atoms with E-state index in [9.17, 15) is 32.3 Å². The second kappa shape index (κ2) is 13.8. The van der Waals surface area contributed by atoms with Crippen LogP contribution in [0, 0.1) is 5.92 Å². The molecule has 0 aliphatic carbocycles. The molecule has 3 amide bonds. The van der Waals surface area contributed by atoms with E-state index in [-0.39, 0.29) is 37.4 Å². The second-order valence-electron chi connectivity index (χ2n) is 10.6. The molecule has 1 fully saturated rings. The molecular formula is C29H32ClF5N4O4. The number of likely N-dealkylation sites (tertiary alicyclic amines) is 1. The Bertz CT molecular complexity index is 1340. The Balaban J connectivity index is 1.89. The van der Waals surface area contributed by atoms with E-state index < -0.39 is 65.2 Å². The lowest BCUT2D eigenvalue weighted by atomic mass is 9.98. The Labute approximate surface area is 250 Å². The highest BCUT2D eigenvalue weighted by atomic mass is 35.5. The Kier molecular flexibility index (Phi) is 10.9. The summed E-state index contributed by atoms with van der Waals surface area (Å²) in [4.78, 5) is 52.7. The van der Waals surface area contributed by atoms with Gasteiger partial charge in [-0.05, 0) is 42.0 Å². The number of alkyl halides is 5. The van der Waals surface area contributed by atoms with Crippen LogP contribution < -0.4 is 16.4 Å². The summed E-state index contributed by atoms with van der Waals surface area (Å²) in [6.07, 6.45) is -5.12. The number of Topliss-reactive ketones (excluding diaryl/α,β-unsaturated/α-hetero) is 1. The summed E-state index contributed by atoms with van der Waals surface area (Å²) in [5.74, 6) is -10.8. The number of nitrogens with one attached hydrogen (secondary N) is 2. The summed E-state index contributed by atoms with van der Waals surface area (Å²) in [5.41, 5.74) is 6.15. The maximum absolute atomic E-state index is 15.2. The van der Waals surface area contributed by atoms with Gasteiger partial charge in [0.1, 0.15) is 12.1 Å². The number of hydrogen-bond acceptors (Lipinski definition) is 5. The van der Waals surface area contributed by atoms with Crippen molar-refractivity contribution >= 4 is 35.1 Å². The number of halogens is 6. The second-order valence-corrected chi connectivity index (χ2v) is 11.1. The van der Waals surface area contributed by atoms with Crippen molar-refractivity contribution in [2.45, 2.75) is 69.9 Å². The van der Waals surface area contributed by atoms with Crippen molar-refractivity contribution in [1.82, 2.24) is 15.5 Å². The normalized spacial score (nSPS) is 17.0. The van der Waals surface area contributed by atoms with Crippen molar-refractivity contribution in [2.24, 2.45) is 11.7 Å². The van der Waals surface area contributed by atoms with Gasteiger partial charge in [-0.2, -0.15) is 22.0 Å². The van der Waals surface area contributed by atoms with Crippen LogP contribution in [0.4, 0.5) is 22.0 Å². The lowest BCUT2D eigenvalue weighted by molar-refractivity contribution is -0.175. The maximum atomic E-state index is 15.2. The van der Waals surface area contributed by atoms with E-state index in [0.29, 0.717) is 5.56 Å². The SMILES string of the molecule is CC(C)C(NC(=O)C1CCCN1C(=O)[C@H](Cc1ccc(CN)cc1)NC(=O)C(F)(F)c1cccc(Cl)c1)C(=O)C(F)(F)F. The summed E-state index contributed by atoms with van der Waals surface area (Å²) < 4.78 is 69.7. The van der Waals surface area contributed by atoms with Gasteiger partial charge in [0.25, 0.3) is 11.7 Å². The van der Waals surface area contributed by atoms with Gasteiger partial charge in [-0.3, -0.25) is 19.2 Å². The Morgan fingerprint density at radius 3 is 2.19 bits per heavy atom. The van der Waals surface area contributed by atoms with Crippen molar-refractivity contribution in [1.29, 1.82) is 0 Å². The summed E-state index contributed by atoms with van der Waals surface area (Å²) in [6.45, 7) is 2.85. The number of ketones is 1. The average Bonchev–Trinajstić information content (AvgIpc) is 3.44. The van der Waals surface area contributed by atoms with E-state index in [4.69, 9.17) is 17.3 Å². The number of carbonyl (C=O) groups is 4. The molecule has 1 aliphatic heterocycles. The zero-order chi connectivity index (χ0) is 32.1. The van der Waals surface area contributed by atoms with Crippen LogP contribution in [0.25, 0.3) is 0 Å². The van der Waals surface area contributed by atoms with E-state index in [1.165, 1.54) is 26.0 Å². The molecule has 2 unspecified atom stereocenters. The van der Waals surface area contributed by atoms with E-state index >= 15 is 8.78 Å². The molecule has 0 bridgehead atoms. The van der Waals surface area contributed by atoms with E-state index in [1.807, 2.05) is 0 Å². The van der Waals surface area contributed by atoms with Crippen LogP contribution in [-0.2, 0) is 38.1 Å². The number of hydrogen-bond donors (Lipinski definition) is 3. The van der Waals surface area contributed by atoms with E-state index in [2.05, 4.69) is 10.6 Å². The minimum atomic E-state index is -5.20. The van der Waals surface area contributed by atoms with Crippen molar-refractivity contribution < 1.29 is 41.1 Å². The molecule has 2 aromatic rings. The molecule has 14 heteroatoms. The van der Waals surface area contributed by atoms with Gasteiger partial charge in [0.15, 0.2) is 0 Å². The molecule has 3 atom stereocenters. The number of nitrogens with zero attached hydrogens (tertiary/aromatic N) is 1. The van der Waals surface area contributed by atoms with Crippen molar-refractivity contribution in [3.8, 4) is 0 Å². The minimum absolute atomic E-state index is 0.0281. The highest BCUT2D eigenvalue weighted by molar-refractivity contribution is 6.30. The number of rotatable bonds is 11. The van der Waals surface area contributed by atoms with E-state index in [1.54, 1.807) is 24.3 Å². The predicted octanol–water partition coefficient (Wildman–Crippen LogP) is 3.88. The van der Waals surface area contributed by atoms with Crippen molar-refractivity contribution in [3.05, 3.63) is 70.2 Å². The fourth-order valence-corrected chi connectivity index (χ4v) is 4.97. The fraction of sp³-hybridized carbons (Fsp3) is 0.448. The lowest BCUT2D eigenvalue weighted by Crippen LogP contribution is -2.58. The Morgan fingerprint density at radius 1 is 1.00 bits per heavy atom. The monoisotopic (exact) mass is 630 g/mol. The largest absolute Gasteiger partial charge is 0.452 e. The fourth-order valence-electron chi connectivity index (χ4n) is 4.77. The molecule has 8 nitrogen and oxygen atoms in total. The van der Waals surface area contributed by atoms with Crippen LogP contribution in [0.2, 0.25) is 5.02 Å². The summed E-state index contributed by atoms with van der Waals surface area (Å²) in [7, 11) is 0. The predicted molar refractivity (Wildman–Crippen MR) is 148 cm³/mol. The van der Waals surface area contributed by atoms with Gasteiger partial charge in [-0.25, -0.2) is 0 Å². The van der Waals surface area contributed by atoms with Gasteiger partial charge in [0.05, 0.1) is 6.04 Å². The van der Waals surface area contributed by atoms with Gasteiger partial charge in [-0.1, -0.05) is 61.8 Å². The quantitative estimate of drug-likeness (QED) is 0.326. The molecular weight excluding hydrogens is 599 g/mol. The topological polar surface area (TPSA) is 122 Å². The highest BCUT2D eigenvalue weighted by Crippen LogP contribution is 2.31. The number of nitrogens with two attached hydrogens (primary N) is 1. The van der Waals surface area contributed by atoms with Crippen molar-refractivity contribution in [3.63, 3.8) is 0 Å². The van der Waals surface area contributed by atoms with Crippen LogP contribution in [0.5, 0.6) is 0 Å². The highest BCUT2D eigenvalue weighted by Gasteiger charge is 2.47. The van der Waals surface area contributed by atoms with Gasteiger partial charge in [0.2, 0.25) is 11.8 Å². The molecule has 4 N–H and O–H groups in total. The molecule has 43 heavy (non-hydrogen) atoms. The van der Waals surface area contributed by atoms with Gasteiger partial charge < -0.3 is 21.3 Å². The standard InChI is InChI=1S/C29H32ClF5N4O4/c1-16(2)23(24(40)29(33,34)35)38-25(41)22-7-4-12-39(22)26(42)21(13-17-8-10-18(15-36)11-9-17)37-27(43)28(31,32)19-5-3-6-20(30)14-19/h3,5-6,8-11,14,16,21-23H,4,7,12-13,15,36H2,1-2H3,(H,37,43)(H,38,41)/t21-,22?,23?/m0/s1. The molecule has 1 aliphatic rings. The molecule has 2 aromatic carbocycles. The van der Waals surface area contributed by atoms with Gasteiger partial charge in [0, 0.05) is 30.1 Å². The summed E-state index contributed by atoms with van der Waals surface area (Å²) in [5, 5.41) is 4.18. The zero-order valence-corrected chi connectivity index (χ0v) is 24.1. The first-order chi connectivity index (χ1) is 20.1. The number of carbonyl (C=O) groups excluding carboxylic acids is 4. The van der Waals surface area contributed by atoms with Crippen LogP contribution in [0.15, 0.2) is 48.5 Å². The van der Waals surface area contributed by atoms with Crippen molar-refractivity contribution in [2.75, 3.05) is 6.54 Å². The van der Waals surface area contributed by atoms with E-state index in [0.717, 1.165) is 22.6 Å². The average molecular weight is 631 g/mol. The summed E-state index contributed by atoms with van der Waals surface area (Å²) in [6, 6.07) is 6.28. The van der Waals surface area contributed by atoms with Gasteiger partial charge in [-0.15, -0.1) is 0 Å².